The van der Waals surface area contributed by atoms with Gasteiger partial charge in [-0.3, -0.25) is 4.79 Å². The van der Waals surface area contributed by atoms with E-state index in [9.17, 15) is 13.2 Å². The number of sulfone groups is 1. The number of thiazole rings is 1. The lowest BCUT2D eigenvalue weighted by atomic mass is 9.39. The molecule has 0 spiro atoms. The van der Waals surface area contributed by atoms with Gasteiger partial charge in [0.25, 0.3) is 5.91 Å². The molecule has 9 heteroatoms. The number of nitrogens with one attached hydrogen (secondary N) is 1. The van der Waals surface area contributed by atoms with Gasteiger partial charge in [-0.05, 0) is 60.2 Å². The van der Waals surface area contributed by atoms with Crippen LogP contribution in [-0.4, -0.2) is 31.1 Å². The quantitative estimate of drug-likeness (QED) is 0.745. The number of carbonyl (C=O) groups is 1. The van der Waals surface area contributed by atoms with Crippen LogP contribution in [0.5, 0.6) is 0 Å². The van der Waals surface area contributed by atoms with Crippen LogP contribution in [0.2, 0.25) is 0 Å². The molecule has 2 aromatic rings. The maximum Gasteiger partial charge on any atom is 0.287 e. The molecule has 0 radical (unpaired) electrons. The van der Waals surface area contributed by atoms with Crippen molar-refractivity contribution in [2.24, 2.45) is 0 Å². The van der Waals surface area contributed by atoms with Crippen LogP contribution in [0, 0.1) is 0 Å². The molecule has 4 aliphatic rings. The number of hydrogen-bond acceptors (Lipinski definition) is 6. The van der Waals surface area contributed by atoms with Crippen LogP contribution in [0.1, 0.15) is 53.4 Å². The highest BCUT2D eigenvalue weighted by atomic mass is 79.9. The minimum atomic E-state index is -3.25. The van der Waals surface area contributed by atoms with E-state index in [4.69, 9.17) is 4.42 Å². The molecule has 6 nitrogen and oxygen atoms in total. The van der Waals surface area contributed by atoms with Gasteiger partial charge in [-0.25, -0.2) is 13.4 Å². The Labute approximate surface area is 163 Å². The number of furan rings is 1. The van der Waals surface area contributed by atoms with E-state index in [2.05, 4.69) is 26.2 Å². The predicted molar refractivity (Wildman–Crippen MR) is 100 cm³/mol. The average Bonchev–Trinajstić information content (AvgIpc) is 2.97. The molecule has 4 saturated carbocycles. The lowest BCUT2D eigenvalue weighted by Crippen LogP contribution is -2.76. The van der Waals surface area contributed by atoms with E-state index < -0.39 is 14.6 Å². The summed E-state index contributed by atoms with van der Waals surface area (Å²) in [5.41, 5.74) is -0.0526. The molecule has 0 unspecified atom stereocenters. The first kappa shape index (κ1) is 16.9. The molecule has 4 aliphatic carbocycles. The van der Waals surface area contributed by atoms with Crippen LogP contribution in [0.3, 0.4) is 0 Å². The van der Waals surface area contributed by atoms with E-state index >= 15 is 0 Å². The normalized spacial score (nSPS) is 31.0. The molecule has 1 amide bonds. The van der Waals surface area contributed by atoms with Crippen molar-refractivity contribution < 1.29 is 17.6 Å². The minimum Gasteiger partial charge on any atom is -0.454 e. The van der Waals surface area contributed by atoms with E-state index in [-0.39, 0.29) is 22.6 Å². The summed E-state index contributed by atoms with van der Waals surface area (Å²) in [5.74, 6) is 0.298. The Balaban J connectivity index is 1.28. The SMILES string of the molecule is CS(=O)(=O)C1(c2ccc(C(=O)NC34CC(c5ncc(Br)s5)(C3)C4)o2)CC1. The summed E-state index contributed by atoms with van der Waals surface area (Å²) in [5, 5.41) is 4.21. The van der Waals surface area contributed by atoms with Gasteiger partial charge >= 0.3 is 0 Å². The van der Waals surface area contributed by atoms with Gasteiger partial charge in [0.05, 0.1) is 9.98 Å². The Morgan fingerprint density at radius 1 is 1.31 bits per heavy atom. The first-order chi connectivity index (χ1) is 12.2. The largest absolute Gasteiger partial charge is 0.454 e. The third kappa shape index (κ3) is 2.23. The molecular formula is C17H17BrN2O4S2. The summed E-state index contributed by atoms with van der Waals surface area (Å²) >= 11 is 5.10. The van der Waals surface area contributed by atoms with Gasteiger partial charge in [0.1, 0.15) is 15.5 Å². The van der Waals surface area contributed by atoms with E-state index in [0.29, 0.717) is 18.6 Å². The fourth-order valence-corrected chi connectivity index (χ4v) is 7.28. The van der Waals surface area contributed by atoms with Crippen molar-refractivity contribution in [2.75, 3.05) is 6.26 Å². The van der Waals surface area contributed by atoms with Gasteiger partial charge in [0, 0.05) is 17.2 Å². The molecule has 26 heavy (non-hydrogen) atoms. The molecule has 0 aliphatic heterocycles. The Bertz CT molecular complexity index is 1020. The monoisotopic (exact) mass is 456 g/mol. The van der Waals surface area contributed by atoms with Gasteiger partial charge in [-0.1, -0.05) is 0 Å². The highest BCUT2D eigenvalue weighted by Crippen LogP contribution is 2.68. The van der Waals surface area contributed by atoms with Crippen LogP contribution in [0.4, 0.5) is 0 Å². The lowest BCUT2D eigenvalue weighted by molar-refractivity contribution is -0.0812. The number of aromatic nitrogens is 1. The van der Waals surface area contributed by atoms with Crippen molar-refractivity contribution in [3.8, 4) is 0 Å². The molecule has 138 valence electrons. The summed E-state index contributed by atoms with van der Waals surface area (Å²) in [6.07, 6.45) is 6.84. The topological polar surface area (TPSA) is 89.3 Å². The fraction of sp³-hybridized carbons (Fsp3) is 0.529. The Morgan fingerprint density at radius 2 is 2.00 bits per heavy atom. The molecule has 2 aromatic heterocycles. The van der Waals surface area contributed by atoms with E-state index in [1.165, 1.54) is 6.26 Å². The van der Waals surface area contributed by atoms with E-state index in [0.717, 1.165) is 28.1 Å². The molecule has 2 bridgehead atoms. The van der Waals surface area contributed by atoms with Gasteiger partial charge in [0.2, 0.25) is 0 Å². The van der Waals surface area contributed by atoms with Crippen molar-refractivity contribution in [1.82, 2.24) is 10.3 Å². The van der Waals surface area contributed by atoms with Gasteiger partial charge in [-0.15, -0.1) is 11.3 Å². The maximum atomic E-state index is 12.6. The summed E-state index contributed by atoms with van der Waals surface area (Å²) in [4.78, 5) is 17.0. The van der Waals surface area contributed by atoms with E-state index in [1.54, 1.807) is 23.5 Å². The van der Waals surface area contributed by atoms with Crippen LogP contribution in [0.15, 0.2) is 26.5 Å². The van der Waals surface area contributed by atoms with Crippen molar-refractivity contribution >= 4 is 43.0 Å². The maximum absolute atomic E-state index is 12.6. The predicted octanol–water partition coefficient (Wildman–Crippen LogP) is 3.14. The zero-order valence-corrected chi connectivity index (χ0v) is 17.3. The zero-order valence-electron chi connectivity index (χ0n) is 14.0. The zero-order chi connectivity index (χ0) is 18.4. The van der Waals surface area contributed by atoms with Gasteiger partial charge < -0.3 is 9.73 Å². The molecule has 0 atom stereocenters. The van der Waals surface area contributed by atoms with Crippen LogP contribution in [0.25, 0.3) is 0 Å². The second-order valence-corrected chi connectivity index (χ2v) is 12.7. The van der Waals surface area contributed by atoms with Crippen molar-refractivity contribution in [1.29, 1.82) is 0 Å². The number of nitrogens with zero attached hydrogens (tertiary/aromatic N) is 1. The Hall–Kier alpha value is -1.19. The summed E-state index contributed by atoms with van der Waals surface area (Å²) < 4.78 is 29.7. The van der Waals surface area contributed by atoms with Crippen molar-refractivity contribution in [2.45, 2.75) is 47.8 Å². The van der Waals surface area contributed by atoms with Gasteiger partial charge in [-0.2, -0.15) is 0 Å². The summed E-state index contributed by atoms with van der Waals surface area (Å²) in [7, 11) is -3.25. The highest BCUT2D eigenvalue weighted by Gasteiger charge is 2.70. The summed E-state index contributed by atoms with van der Waals surface area (Å²) in [6, 6.07) is 3.20. The summed E-state index contributed by atoms with van der Waals surface area (Å²) in [6.45, 7) is 0. The third-order valence-corrected chi connectivity index (χ3v) is 9.78. The molecular weight excluding hydrogens is 440 g/mol. The van der Waals surface area contributed by atoms with E-state index in [1.807, 2.05) is 6.20 Å². The molecule has 0 aromatic carbocycles. The molecule has 2 heterocycles. The Kier molecular flexibility index (Phi) is 3.25. The molecule has 1 N–H and O–H groups in total. The Morgan fingerprint density at radius 3 is 2.54 bits per heavy atom. The lowest BCUT2D eigenvalue weighted by Gasteiger charge is -2.69. The number of halogens is 1. The molecule has 0 saturated heterocycles. The number of rotatable bonds is 5. The van der Waals surface area contributed by atoms with Gasteiger partial charge in [0.15, 0.2) is 15.6 Å². The smallest absolute Gasteiger partial charge is 0.287 e. The highest BCUT2D eigenvalue weighted by molar-refractivity contribution is 9.11. The third-order valence-electron chi connectivity index (χ3n) is 6.03. The standard InChI is InChI=1S/C17H17BrN2O4S2/c1-26(22,23)17(4-5-17)11-3-2-10(24-11)13(21)20-16-7-15(8-16,9-16)14-19-6-12(18)25-14/h2-3,6H,4-5,7-9H2,1H3,(H,20,21). The average molecular weight is 457 g/mol. The molecule has 6 rings (SSSR count). The van der Waals surface area contributed by atoms with Crippen molar-refractivity contribution in [3.63, 3.8) is 0 Å². The number of carbonyl (C=O) groups excluding carboxylic acids is 1. The second kappa shape index (κ2) is 4.99. The second-order valence-electron chi connectivity index (χ2n) is 7.94. The van der Waals surface area contributed by atoms with Crippen molar-refractivity contribution in [3.05, 3.63) is 38.6 Å². The number of hydrogen-bond donors (Lipinski definition) is 1. The molecule has 4 fully saturated rings. The first-order valence-electron chi connectivity index (χ1n) is 8.41. The van der Waals surface area contributed by atoms with Crippen LogP contribution < -0.4 is 5.32 Å². The fourth-order valence-electron chi connectivity index (χ4n) is 4.57. The van der Waals surface area contributed by atoms with Crippen LogP contribution >= 0.6 is 27.3 Å². The minimum absolute atomic E-state index is 0.118. The first-order valence-corrected chi connectivity index (χ1v) is 11.9. The van der Waals surface area contributed by atoms with Crippen LogP contribution in [-0.2, 0) is 20.0 Å². The number of amides is 1.